The Morgan fingerprint density at radius 1 is 0.300 bits per heavy atom. The zero-order chi connectivity index (χ0) is 42.0. The summed E-state index contributed by atoms with van der Waals surface area (Å²) in [7, 11) is -13.5. The van der Waals surface area contributed by atoms with Crippen LogP contribution in [0.2, 0.25) is 0 Å². The van der Waals surface area contributed by atoms with Crippen molar-refractivity contribution < 1.29 is 38.9 Å². The van der Waals surface area contributed by atoms with Crippen molar-refractivity contribution in [3.63, 3.8) is 0 Å². The van der Waals surface area contributed by atoms with E-state index < -0.39 is 30.4 Å². The molecular formula is C44H28N4O9S3. The third-order valence-electron chi connectivity index (χ3n) is 9.99. The van der Waals surface area contributed by atoms with Crippen LogP contribution in [0.4, 0.5) is 0 Å². The van der Waals surface area contributed by atoms with E-state index in [1.54, 1.807) is 48.6 Å². The molecule has 3 N–H and O–H groups in total. The molecule has 0 aliphatic carbocycles. The number of nitrogens with zero attached hydrogens (tertiary/aromatic N) is 4. The van der Waals surface area contributed by atoms with Gasteiger partial charge >= 0.3 is 0 Å². The van der Waals surface area contributed by atoms with Gasteiger partial charge in [-0.25, -0.2) is 20.0 Å². The van der Waals surface area contributed by atoms with E-state index in [0.717, 1.165) is 5.56 Å². The second-order valence-electron chi connectivity index (χ2n) is 13.7. The maximum absolute atomic E-state index is 12.0. The molecule has 0 saturated carbocycles. The highest BCUT2D eigenvalue weighted by Gasteiger charge is 2.28. The topological polar surface area (TPSA) is 213 Å². The Kier molecular flexibility index (Phi) is 9.35. The molecule has 0 aromatic heterocycles. The summed E-state index contributed by atoms with van der Waals surface area (Å²) in [4.78, 5) is 19.5. The molecule has 0 unspecified atom stereocenters. The smallest absolute Gasteiger partial charge is 0.282 e. The molecule has 0 radical (unpaired) electrons. The van der Waals surface area contributed by atoms with Gasteiger partial charge in [0, 0.05) is 22.3 Å². The third-order valence-corrected chi connectivity index (χ3v) is 12.6. The number of aliphatic imine (C=N–C) groups is 4. The zero-order valence-corrected chi connectivity index (χ0v) is 33.2. The van der Waals surface area contributed by atoms with Gasteiger partial charge in [-0.3, -0.25) is 13.7 Å². The van der Waals surface area contributed by atoms with Gasteiger partial charge in [-0.2, -0.15) is 25.3 Å². The van der Waals surface area contributed by atoms with Crippen LogP contribution in [0.5, 0.6) is 0 Å². The minimum absolute atomic E-state index is 0.294. The molecule has 5 aliphatic rings. The van der Waals surface area contributed by atoms with Crippen LogP contribution in [0.25, 0.3) is 22.3 Å². The highest BCUT2D eigenvalue weighted by atomic mass is 32.2. The summed E-state index contributed by atoms with van der Waals surface area (Å²) in [6, 6.07) is 26.5. The van der Waals surface area contributed by atoms with Gasteiger partial charge in [0.1, 0.15) is 0 Å². The minimum Gasteiger partial charge on any atom is -0.282 e. The first-order chi connectivity index (χ1) is 28.6. The van der Waals surface area contributed by atoms with Crippen molar-refractivity contribution in [2.24, 2.45) is 20.0 Å². The molecule has 0 atom stereocenters. The van der Waals surface area contributed by atoms with Crippen molar-refractivity contribution >= 4 is 75.5 Å². The molecule has 60 heavy (non-hydrogen) atoms. The van der Waals surface area contributed by atoms with Gasteiger partial charge in [-0.05, 0) is 107 Å². The standard InChI is InChI=1S/C44H28N4O9S3/c49-58(50,51)30-12-6-27(7-13-30)42-35-20-18-33(45-35)41(26-4-2-1-3-5-26)34-19-21-36(46-34)43(28-8-14-31(15-9-28)59(52,53)54)38-23-25-40(48-38)44(39-24-22-37(42)47-39)29-10-16-32(17-11-29)60(55,56)57/h1-25H,(H,49,50,51)(H,52,53,54)(H,55,56,57). The fourth-order valence-corrected chi connectivity index (χ4v) is 8.70. The fourth-order valence-electron chi connectivity index (χ4n) is 7.26. The van der Waals surface area contributed by atoms with Crippen LogP contribution in [-0.2, 0) is 30.4 Å². The average molecular weight is 853 g/mol. The first kappa shape index (κ1) is 38.7. The van der Waals surface area contributed by atoms with Crippen molar-refractivity contribution in [2.45, 2.75) is 14.7 Å². The minimum atomic E-state index is -4.52. The van der Waals surface area contributed by atoms with Gasteiger partial charge in [0.05, 0.1) is 60.3 Å². The molecule has 5 heterocycles. The quantitative estimate of drug-likeness (QED) is 0.158. The van der Waals surface area contributed by atoms with E-state index in [1.807, 2.05) is 54.6 Å². The van der Waals surface area contributed by atoms with Crippen molar-refractivity contribution in [2.75, 3.05) is 0 Å². The average Bonchev–Trinajstić information content (AvgIpc) is 4.06. The summed E-state index contributed by atoms with van der Waals surface area (Å²) < 4.78 is 101. The van der Waals surface area contributed by atoms with E-state index in [2.05, 4.69) is 0 Å². The van der Waals surface area contributed by atoms with E-state index in [1.165, 1.54) is 48.5 Å². The van der Waals surface area contributed by atoms with Crippen LogP contribution in [0.1, 0.15) is 22.3 Å². The molecule has 13 nitrogen and oxygen atoms in total. The van der Waals surface area contributed by atoms with Gasteiger partial charge in [0.2, 0.25) is 0 Å². The summed E-state index contributed by atoms with van der Waals surface area (Å²) >= 11 is 0. The predicted octanol–water partition coefficient (Wildman–Crippen LogP) is 7.43. The molecule has 0 spiro atoms. The van der Waals surface area contributed by atoms with E-state index in [4.69, 9.17) is 20.0 Å². The van der Waals surface area contributed by atoms with Crippen LogP contribution >= 0.6 is 0 Å². The second-order valence-corrected chi connectivity index (χ2v) is 18.0. The van der Waals surface area contributed by atoms with Crippen LogP contribution in [0, 0.1) is 0 Å². The Labute approximate surface area is 344 Å². The molecule has 4 aromatic carbocycles. The molecular weight excluding hydrogens is 825 g/mol. The Morgan fingerprint density at radius 2 is 0.533 bits per heavy atom. The maximum atomic E-state index is 12.0. The molecule has 16 heteroatoms. The number of rotatable bonds is 7. The number of allylic oxidation sites excluding steroid dienone is 12. The van der Waals surface area contributed by atoms with Gasteiger partial charge in [0.25, 0.3) is 30.4 Å². The van der Waals surface area contributed by atoms with Crippen molar-refractivity contribution in [1.82, 2.24) is 0 Å². The summed E-state index contributed by atoms with van der Waals surface area (Å²) in [6.07, 6.45) is 14.4. The highest BCUT2D eigenvalue weighted by Crippen LogP contribution is 2.39. The molecule has 9 rings (SSSR count). The predicted molar refractivity (Wildman–Crippen MR) is 229 cm³/mol. The normalized spacial score (nSPS) is 17.5. The molecule has 0 saturated heterocycles. The summed E-state index contributed by atoms with van der Waals surface area (Å²) in [6.45, 7) is 0. The van der Waals surface area contributed by atoms with Crippen LogP contribution < -0.4 is 0 Å². The van der Waals surface area contributed by atoms with Crippen LogP contribution in [0.3, 0.4) is 0 Å². The SMILES string of the molecule is O=S(=O)(O)c1ccc(C2=C3C=CC(=N3)C(c3ccc(S(=O)(=O)O)cc3)=C3C=CC(=N3)C(c3ccc(S(=O)(=O)O)cc3)=C3C=CC(=N3)C(c3ccccc3)=C3C=CC2=N3)cc1. The number of benzene rings is 4. The molecule has 0 fully saturated rings. The highest BCUT2D eigenvalue weighted by molar-refractivity contribution is 7.86. The summed E-state index contributed by atoms with van der Waals surface area (Å²) in [5.41, 5.74) is 8.47. The van der Waals surface area contributed by atoms with Crippen LogP contribution in [0.15, 0.2) is 209 Å². The van der Waals surface area contributed by atoms with Gasteiger partial charge in [-0.15, -0.1) is 0 Å². The monoisotopic (exact) mass is 852 g/mol. The molecule has 4 aromatic rings. The molecule has 8 bridgehead atoms. The largest absolute Gasteiger partial charge is 0.294 e. The van der Waals surface area contributed by atoms with Gasteiger partial charge in [0.15, 0.2) is 0 Å². The molecule has 0 amide bonds. The first-order valence-corrected chi connectivity index (χ1v) is 22.3. The number of hydrogen-bond acceptors (Lipinski definition) is 10. The number of hydrogen-bond donors (Lipinski definition) is 3. The lowest BCUT2D eigenvalue weighted by molar-refractivity contribution is 0.481. The van der Waals surface area contributed by atoms with E-state index in [-0.39, 0.29) is 14.7 Å². The van der Waals surface area contributed by atoms with Crippen molar-refractivity contribution in [3.8, 4) is 0 Å². The van der Waals surface area contributed by atoms with Gasteiger partial charge < -0.3 is 0 Å². The van der Waals surface area contributed by atoms with E-state index in [9.17, 15) is 38.9 Å². The summed E-state index contributed by atoms with van der Waals surface area (Å²) in [5.74, 6) is 0. The third kappa shape index (κ3) is 7.28. The Balaban J connectivity index is 1.35. The van der Waals surface area contributed by atoms with Gasteiger partial charge in [-0.1, -0.05) is 66.7 Å². The lowest BCUT2D eigenvalue weighted by atomic mass is 9.98. The summed E-state index contributed by atoms with van der Waals surface area (Å²) in [5, 5.41) is 0. The van der Waals surface area contributed by atoms with E-state index in [0.29, 0.717) is 84.6 Å². The lowest BCUT2D eigenvalue weighted by Crippen LogP contribution is -2.04. The van der Waals surface area contributed by atoms with Crippen LogP contribution in [-0.4, -0.2) is 61.8 Å². The Hall–Kier alpha value is -6.79. The second kappa shape index (κ2) is 14.5. The Bertz CT molecular complexity index is 3240. The zero-order valence-electron chi connectivity index (χ0n) is 30.7. The number of fused-ring (bicyclic) bond motifs is 4. The molecule has 296 valence electrons. The van der Waals surface area contributed by atoms with Crippen molar-refractivity contribution in [1.29, 1.82) is 0 Å². The molecule has 5 aliphatic heterocycles. The van der Waals surface area contributed by atoms with Crippen molar-refractivity contribution in [3.05, 3.63) is 197 Å². The Morgan fingerprint density at radius 3 is 0.767 bits per heavy atom. The maximum Gasteiger partial charge on any atom is 0.294 e. The first-order valence-electron chi connectivity index (χ1n) is 18.0. The van der Waals surface area contributed by atoms with E-state index >= 15 is 0 Å². The lowest BCUT2D eigenvalue weighted by Gasteiger charge is -2.13. The fraction of sp³-hybridized carbons (Fsp3) is 0.